The van der Waals surface area contributed by atoms with Crippen LogP contribution in [0.4, 0.5) is 18.9 Å². The number of hydrogen-bond donors (Lipinski definition) is 1. The van der Waals surface area contributed by atoms with E-state index in [1.54, 1.807) is 22.9 Å². The lowest BCUT2D eigenvalue weighted by Crippen LogP contribution is -2.08. The first-order valence-electron chi connectivity index (χ1n) is 10.9. The highest BCUT2D eigenvalue weighted by Gasteiger charge is 2.22. The number of benzene rings is 2. The number of methoxy groups -OCH3 is 1. The van der Waals surface area contributed by atoms with Gasteiger partial charge in [0.05, 0.1) is 38.2 Å². The highest BCUT2D eigenvalue weighted by molar-refractivity contribution is 6.55. The van der Waals surface area contributed by atoms with Gasteiger partial charge in [-0.1, -0.05) is 12.1 Å². The van der Waals surface area contributed by atoms with Crippen LogP contribution in [0.2, 0.25) is 19.1 Å². The largest absolute Gasteiger partial charge is 0.494 e. The first-order valence-corrected chi connectivity index (χ1v) is 13.6. The minimum absolute atomic E-state index is 0.0576. The van der Waals surface area contributed by atoms with Crippen molar-refractivity contribution in [3.8, 4) is 28.4 Å². The van der Waals surface area contributed by atoms with Gasteiger partial charge in [0.2, 0.25) is 0 Å². The van der Waals surface area contributed by atoms with Gasteiger partial charge in [-0.2, -0.15) is 0 Å². The number of anilines is 1. The van der Waals surface area contributed by atoms with E-state index in [0.29, 0.717) is 23.2 Å². The van der Waals surface area contributed by atoms with Crippen molar-refractivity contribution in [3.63, 3.8) is 0 Å². The number of pyridine rings is 1. The van der Waals surface area contributed by atoms with Crippen LogP contribution in [0.3, 0.4) is 0 Å². The third-order valence-corrected chi connectivity index (χ3v) is 6.61. The van der Waals surface area contributed by atoms with Crippen molar-refractivity contribution < 1.29 is 27.4 Å². The maximum absolute atomic E-state index is 15.3. The van der Waals surface area contributed by atoms with Crippen molar-refractivity contribution in [3.05, 3.63) is 66.2 Å². The summed E-state index contributed by atoms with van der Waals surface area (Å²) in [5, 5.41) is 0.370. The molecule has 2 aromatic heterocycles. The molecule has 6 nitrogen and oxygen atoms in total. The molecular formula is C25H25F3N3O3Si+. The van der Waals surface area contributed by atoms with E-state index in [0.717, 1.165) is 18.2 Å². The van der Waals surface area contributed by atoms with Gasteiger partial charge in [0.25, 0.3) is 0 Å². The first kappa shape index (κ1) is 24.6. The summed E-state index contributed by atoms with van der Waals surface area (Å²) in [5.41, 5.74) is 6.49. The van der Waals surface area contributed by atoms with Gasteiger partial charge in [-0.05, 0) is 12.1 Å². The maximum Gasteiger partial charge on any atom is 0.310 e. The Morgan fingerprint density at radius 3 is 2.46 bits per heavy atom. The second-order valence-electron chi connectivity index (χ2n) is 8.25. The second-order valence-corrected chi connectivity index (χ2v) is 11.2. The first-order chi connectivity index (χ1) is 16.8. The molecule has 0 aliphatic carbocycles. The fourth-order valence-electron chi connectivity index (χ4n) is 3.68. The van der Waals surface area contributed by atoms with Crippen molar-refractivity contribution in [2.24, 2.45) is 0 Å². The molecule has 4 rings (SSSR count). The van der Waals surface area contributed by atoms with Crippen LogP contribution in [0.5, 0.6) is 17.2 Å². The van der Waals surface area contributed by atoms with Crippen LogP contribution in [0.1, 0.15) is 0 Å². The van der Waals surface area contributed by atoms with Crippen LogP contribution >= 0.6 is 0 Å². The SMILES string of the molecule is COc1cccc(-c2cn(COCC[Si+](C)C)c3nccc(Oc4c(F)cc(N)cc4F)c23)c1F. The molecule has 182 valence electrons. The summed E-state index contributed by atoms with van der Waals surface area (Å²) in [5.74, 6) is -2.96. The van der Waals surface area contributed by atoms with Crippen molar-refractivity contribution in [2.45, 2.75) is 25.9 Å². The minimum Gasteiger partial charge on any atom is -0.494 e. The highest BCUT2D eigenvalue weighted by Crippen LogP contribution is 2.41. The molecule has 2 heterocycles. The van der Waals surface area contributed by atoms with Gasteiger partial charge < -0.3 is 24.5 Å². The highest BCUT2D eigenvalue weighted by atomic mass is 28.3. The molecular weight excluding hydrogens is 475 g/mol. The smallest absolute Gasteiger partial charge is 0.310 e. The van der Waals surface area contributed by atoms with E-state index in [-0.39, 0.29) is 29.5 Å². The van der Waals surface area contributed by atoms with E-state index in [2.05, 4.69) is 18.1 Å². The van der Waals surface area contributed by atoms with E-state index in [9.17, 15) is 8.78 Å². The molecule has 0 atom stereocenters. The normalized spacial score (nSPS) is 11.1. The lowest BCUT2D eigenvalue weighted by molar-refractivity contribution is 0.0903. The number of halogens is 3. The van der Waals surface area contributed by atoms with Crippen LogP contribution < -0.4 is 15.2 Å². The van der Waals surface area contributed by atoms with Gasteiger partial charge in [0, 0.05) is 41.3 Å². The Morgan fingerprint density at radius 1 is 1.03 bits per heavy atom. The molecule has 0 spiro atoms. The van der Waals surface area contributed by atoms with Crippen LogP contribution in [0.25, 0.3) is 22.2 Å². The number of rotatable bonds is 9. The molecule has 0 fully saturated rings. The van der Waals surface area contributed by atoms with Gasteiger partial charge in [-0.3, -0.25) is 0 Å². The molecule has 4 aromatic rings. The van der Waals surface area contributed by atoms with Crippen molar-refractivity contribution >= 4 is 25.5 Å². The Hall–Kier alpha value is -3.50. The monoisotopic (exact) mass is 500 g/mol. The van der Waals surface area contributed by atoms with E-state index >= 15 is 4.39 Å². The molecule has 0 radical (unpaired) electrons. The summed E-state index contributed by atoms with van der Waals surface area (Å²) in [6.45, 7) is 5.13. The average molecular weight is 501 g/mol. The quantitative estimate of drug-likeness (QED) is 0.168. The number of nitrogens with two attached hydrogens (primary N) is 1. The number of hydrogen-bond acceptors (Lipinski definition) is 5. The standard InChI is InChI=1S/C25H25F3N3O3Si/c1-32-21-6-4-5-16(23(21)28)17-13-31(14-33-9-10-35(2)3)25-22(17)20(7-8-30-25)34-24-18(26)11-15(29)12-19(24)27/h4-8,11-13H,9-10,14,29H2,1-3H3/q+1. The molecule has 10 heteroatoms. The molecule has 0 amide bonds. The molecule has 0 unspecified atom stereocenters. The molecule has 0 aliphatic rings. The second kappa shape index (κ2) is 10.4. The van der Waals surface area contributed by atoms with Gasteiger partial charge >= 0.3 is 8.80 Å². The number of nitrogens with zero attached hydrogens (tertiary/aromatic N) is 2. The van der Waals surface area contributed by atoms with Gasteiger partial charge in [-0.15, -0.1) is 0 Å². The number of aromatic nitrogens is 2. The zero-order valence-corrected chi connectivity index (χ0v) is 20.6. The topological polar surface area (TPSA) is 71.5 Å². The summed E-state index contributed by atoms with van der Waals surface area (Å²) in [6.07, 6.45) is 3.13. The zero-order chi connectivity index (χ0) is 25.1. The average Bonchev–Trinajstić information content (AvgIpc) is 3.18. The molecule has 0 bridgehead atoms. The van der Waals surface area contributed by atoms with Crippen LogP contribution in [-0.2, 0) is 11.5 Å². The van der Waals surface area contributed by atoms with Gasteiger partial charge in [0.1, 0.15) is 18.1 Å². The summed E-state index contributed by atoms with van der Waals surface area (Å²) in [6, 6.07) is 9.11. The summed E-state index contributed by atoms with van der Waals surface area (Å²) in [4.78, 5) is 4.42. The van der Waals surface area contributed by atoms with Crippen LogP contribution in [0, 0.1) is 17.5 Å². The van der Waals surface area contributed by atoms with E-state index in [1.165, 1.54) is 25.4 Å². The lowest BCUT2D eigenvalue weighted by atomic mass is 10.0. The molecule has 2 N–H and O–H groups in total. The Balaban J connectivity index is 1.86. The molecule has 0 saturated carbocycles. The summed E-state index contributed by atoms with van der Waals surface area (Å²) >= 11 is 0. The van der Waals surface area contributed by atoms with Crippen LogP contribution in [-0.4, -0.2) is 32.1 Å². The van der Waals surface area contributed by atoms with E-state index in [4.69, 9.17) is 19.9 Å². The minimum atomic E-state index is -0.957. The third-order valence-electron chi connectivity index (χ3n) is 5.40. The lowest BCUT2D eigenvalue weighted by Gasteiger charge is -2.12. The molecule has 35 heavy (non-hydrogen) atoms. The predicted molar refractivity (Wildman–Crippen MR) is 131 cm³/mol. The predicted octanol–water partition coefficient (Wildman–Crippen LogP) is 6.23. The number of fused-ring (bicyclic) bond motifs is 1. The fraction of sp³-hybridized carbons (Fsp3) is 0.240. The van der Waals surface area contributed by atoms with Crippen molar-refractivity contribution in [1.82, 2.24) is 9.55 Å². The Bertz CT molecular complexity index is 1340. The Morgan fingerprint density at radius 2 is 1.77 bits per heavy atom. The maximum atomic E-state index is 15.3. The summed E-state index contributed by atoms with van der Waals surface area (Å²) < 4.78 is 62.6. The van der Waals surface area contributed by atoms with E-state index < -0.39 is 32.0 Å². The third kappa shape index (κ3) is 5.13. The summed E-state index contributed by atoms with van der Waals surface area (Å²) in [7, 11) is 0.928. The van der Waals surface area contributed by atoms with Crippen molar-refractivity contribution in [2.75, 3.05) is 19.5 Å². The van der Waals surface area contributed by atoms with Gasteiger partial charge in [-0.25, -0.2) is 18.2 Å². The van der Waals surface area contributed by atoms with Gasteiger partial charge in [0.15, 0.2) is 29.0 Å². The Kier molecular flexibility index (Phi) is 7.32. The van der Waals surface area contributed by atoms with Crippen LogP contribution in [0.15, 0.2) is 48.8 Å². The number of ether oxygens (including phenoxy) is 3. The molecule has 0 aliphatic heterocycles. The zero-order valence-electron chi connectivity index (χ0n) is 19.6. The molecule has 0 saturated heterocycles. The fourth-order valence-corrected chi connectivity index (χ4v) is 4.23. The Labute approximate surface area is 202 Å². The van der Waals surface area contributed by atoms with Crippen molar-refractivity contribution in [1.29, 1.82) is 0 Å². The molecule has 2 aromatic carbocycles. The number of nitrogen functional groups attached to an aromatic ring is 1. The van der Waals surface area contributed by atoms with E-state index in [1.807, 2.05) is 0 Å².